The number of piperidine rings is 1. The molecule has 1 fully saturated rings. The van der Waals surface area contributed by atoms with Gasteiger partial charge in [-0.15, -0.1) is 0 Å². The average Bonchev–Trinajstić information content (AvgIpc) is 2.83. The van der Waals surface area contributed by atoms with E-state index in [0.717, 1.165) is 19.3 Å². The van der Waals surface area contributed by atoms with Gasteiger partial charge >= 0.3 is 5.69 Å². The largest absolute Gasteiger partial charge is 0.353 e. The standard InChI is InChI=1S/C14H21N3O4/c1-8(2)13-12(17(19)20)11(15-21-13)14(18)16-9(3)6-5-7-10(16)4/h8-10H,5-7H2,1-4H3/t9-,10-/m1/s1. The third kappa shape index (κ3) is 2.77. The van der Waals surface area contributed by atoms with Crippen LogP contribution in [0.25, 0.3) is 0 Å². The highest BCUT2D eigenvalue weighted by atomic mass is 16.6. The molecule has 1 aliphatic heterocycles. The Kier molecular flexibility index (Phi) is 4.29. The van der Waals surface area contributed by atoms with Crippen molar-refractivity contribution in [2.24, 2.45) is 0 Å². The smallest absolute Gasteiger partial charge is 0.344 e. The van der Waals surface area contributed by atoms with Crippen LogP contribution in [-0.2, 0) is 0 Å². The molecule has 1 aliphatic rings. The molecule has 2 heterocycles. The Balaban J connectivity index is 2.41. The summed E-state index contributed by atoms with van der Waals surface area (Å²) in [6, 6.07) is 0.111. The lowest BCUT2D eigenvalue weighted by Crippen LogP contribution is -2.47. The fourth-order valence-corrected chi connectivity index (χ4v) is 2.94. The van der Waals surface area contributed by atoms with Gasteiger partial charge in [-0.1, -0.05) is 19.0 Å². The maximum absolute atomic E-state index is 12.7. The zero-order chi connectivity index (χ0) is 15.7. The molecular formula is C14H21N3O4. The summed E-state index contributed by atoms with van der Waals surface area (Å²) in [7, 11) is 0. The van der Waals surface area contributed by atoms with Crippen LogP contribution < -0.4 is 0 Å². The van der Waals surface area contributed by atoms with Crippen LogP contribution in [0.5, 0.6) is 0 Å². The van der Waals surface area contributed by atoms with Crippen molar-refractivity contribution in [3.63, 3.8) is 0 Å². The minimum atomic E-state index is -0.571. The first-order valence-electron chi connectivity index (χ1n) is 7.31. The van der Waals surface area contributed by atoms with Crippen LogP contribution in [-0.4, -0.2) is 33.0 Å². The summed E-state index contributed by atoms with van der Waals surface area (Å²) in [6.07, 6.45) is 2.86. The Morgan fingerprint density at radius 2 is 1.95 bits per heavy atom. The summed E-state index contributed by atoms with van der Waals surface area (Å²) in [5, 5.41) is 15.0. The Labute approximate surface area is 123 Å². The van der Waals surface area contributed by atoms with E-state index in [2.05, 4.69) is 5.16 Å². The summed E-state index contributed by atoms with van der Waals surface area (Å²) in [6.45, 7) is 7.47. The topological polar surface area (TPSA) is 89.5 Å². The lowest BCUT2D eigenvalue weighted by molar-refractivity contribution is -0.386. The van der Waals surface area contributed by atoms with Crippen molar-refractivity contribution in [3.05, 3.63) is 21.6 Å². The molecule has 1 saturated heterocycles. The third-order valence-corrected chi connectivity index (χ3v) is 4.03. The quantitative estimate of drug-likeness (QED) is 0.631. The van der Waals surface area contributed by atoms with Gasteiger partial charge in [0.2, 0.25) is 11.5 Å². The molecule has 1 aromatic heterocycles. The van der Waals surface area contributed by atoms with Gasteiger partial charge in [0.25, 0.3) is 5.91 Å². The van der Waals surface area contributed by atoms with Gasteiger partial charge in [0.15, 0.2) is 0 Å². The van der Waals surface area contributed by atoms with Gasteiger partial charge in [-0.05, 0) is 33.1 Å². The van der Waals surface area contributed by atoms with Crippen molar-refractivity contribution >= 4 is 11.6 Å². The lowest BCUT2D eigenvalue weighted by atomic mass is 9.97. The van der Waals surface area contributed by atoms with Crippen LogP contribution in [0.4, 0.5) is 5.69 Å². The second kappa shape index (κ2) is 5.83. The molecule has 0 aromatic carbocycles. The predicted molar refractivity (Wildman–Crippen MR) is 76.2 cm³/mol. The van der Waals surface area contributed by atoms with E-state index in [1.165, 1.54) is 0 Å². The van der Waals surface area contributed by atoms with E-state index in [-0.39, 0.29) is 35.1 Å². The van der Waals surface area contributed by atoms with Crippen molar-refractivity contribution in [2.45, 2.75) is 65.0 Å². The number of hydrogen-bond donors (Lipinski definition) is 0. The van der Waals surface area contributed by atoms with Crippen molar-refractivity contribution < 1.29 is 14.2 Å². The number of hydrogen-bond acceptors (Lipinski definition) is 5. The Morgan fingerprint density at radius 1 is 1.38 bits per heavy atom. The molecule has 0 bridgehead atoms. The predicted octanol–water partition coefficient (Wildman–Crippen LogP) is 3.11. The molecule has 116 valence electrons. The molecule has 0 spiro atoms. The maximum Gasteiger partial charge on any atom is 0.344 e. The van der Waals surface area contributed by atoms with Crippen molar-refractivity contribution in [1.82, 2.24) is 10.1 Å². The first-order chi connectivity index (χ1) is 9.84. The normalized spacial score (nSPS) is 22.6. The van der Waals surface area contributed by atoms with Gasteiger partial charge in [-0.25, -0.2) is 0 Å². The Bertz CT molecular complexity index is 542. The molecule has 0 unspecified atom stereocenters. The molecule has 1 aromatic rings. The monoisotopic (exact) mass is 295 g/mol. The van der Waals surface area contributed by atoms with Gasteiger partial charge in [-0.2, -0.15) is 0 Å². The fourth-order valence-electron chi connectivity index (χ4n) is 2.94. The Hall–Kier alpha value is -1.92. The number of nitro groups is 1. The molecule has 1 amide bonds. The van der Waals surface area contributed by atoms with Gasteiger partial charge in [0.1, 0.15) is 0 Å². The van der Waals surface area contributed by atoms with Crippen LogP contribution >= 0.6 is 0 Å². The average molecular weight is 295 g/mol. The highest BCUT2D eigenvalue weighted by molar-refractivity contribution is 5.96. The minimum absolute atomic E-state index is 0.0556. The van der Waals surface area contributed by atoms with Crippen LogP contribution in [0.2, 0.25) is 0 Å². The zero-order valence-electron chi connectivity index (χ0n) is 12.8. The number of aromatic nitrogens is 1. The third-order valence-electron chi connectivity index (χ3n) is 4.03. The highest BCUT2D eigenvalue weighted by Gasteiger charge is 2.38. The number of amides is 1. The molecule has 0 aliphatic carbocycles. The highest BCUT2D eigenvalue weighted by Crippen LogP contribution is 2.32. The van der Waals surface area contributed by atoms with E-state index in [1.54, 1.807) is 18.7 Å². The van der Waals surface area contributed by atoms with Gasteiger partial charge in [0, 0.05) is 18.0 Å². The summed E-state index contributed by atoms with van der Waals surface area (Å²) in [5.74, 6) is -0.451. The SMILES string of the molecule is CC(C)c1onc(C(=O)N2[C@H](C)CCC[C@H]2C)c1[N+](=O)[O-]. The number of nitrogens with zero attached hydrogens (tertiary/aromatic N) is 3. The van der Waals surface area contributed by atoms with E-state index in [9.17, 15) is 14.9 Å². The molecule has 7 nitrogen and oxygen atoms in total. The van der Waals surface area contributed by atoms with Crippen molar-refractivity contribution in [1.29, 1.82) is 0 Å². The number of carbonyl (C=O) groups is 1. The number of carbonyl (C=O) groups excluding carboxylic acids is 1. The van der Waals surface area contributed by atoms with Gasteiger partial charge in [-0.3, -0.25) is 14.9 Å². The first-order valence-corrected chi connectivity index (χ1v) is 7.31. The molecule has 7 heteroatoms. The number of rotatable bonds is 3. The summed E-state index contributed by atoms with van der Waals surface area (Å²) >= 11 is 0. The van der Waals surface area contributed by atoms with Crippen LogP contribution in [0, 0.1) is 10.1 Å². The molecule has 0 N–H and O–H groups in total. The van der Waals surface area contributed by atoms with Gasteiger partial charge < -0.3 is 9.42 Å². The van der Waals surface area contributed by atoms with Crippen LogP contribution in [0.3, 0.4) is 0 Å². The van der Waals surface area contributed by atoms with Crippen LogP contribution in [0.15, 0.2) is 4.52 Å². The van der Waals surface area contributed by atoms with E-state index < -0.39 is 10.8 Å². The summed E-state index contributed by atoms with van der Waals surface area (Å²) in [5.41, 5.74) is -0.468. The second-order valence-electron chi connectivity index (χ2n) is 6.00. The fraction of sp³-hybridized carbons (Fsp3) is 0.714. The van der Waals surface area contributed by atoms with Gasteiger partial charge in [0.05, 0.1) is 4.92 Å². The minimum Gasteiger partial charge on any atom is -0.353 e. The Morgan fingerprint density at radius 3 is 2.43 bits per heavy atom. The van der Waals surface area contributed by atoms with Crippen molar-refractivity contribution in [2.75, 3.05) is 0 Å². The first kappa shape index (κ1) is 15.5. The van der Waals surface area contributed by atoms with Crippen molar-refractivity contribution in [3.8, 4) is 0 Å². The maximum atomic E-state index is 12.7. The molecular weight excluding hydrogens is 274 g/mol. The summed E-state index contributed by atoms with van der Waals surface area (Å²) in [4.78, 5) is 25.1. The van der Waals surface area contributed by atoms with E-state index in [4.69, 9.17) is 4.52 Å². The zero-order valence-corrected chi connectivity index (χ0v) is 12.8. The van der Waals surface area contributed by atoms with E-state index in [1.807, 2.05) is 13.8 Å². The van der Waals surface area contributed by atoms with E-state index in [0.29, 0.717) is 0 Å². The molecule has 0 radical (unpaired) electrons. The summed E-state index contributed by atoms with van der Waals surface area (Å²) < 4.78 is 5.06. The van der Waals surface area contributed by atoms with E-state index >= 15 is 0 Å². The molecule has 2 atom stereocenters. The number of likely N-dealkylation sites (tertiary alicyclic amines) is 1. The molecule has 2 rings (SSSR count). The molecule has 0 saturated carbocycles. The molecule has 21 heavy (non-hydrogen) atoms. The van der Waals surface area contributed by atoms with Crippen LogP contribution in [0.1, 0.15) is 69.1 Å². The second-order valence-corrected chi connectivity index (χ2v) is 6.00. The lowest BCUT2D eigenvalue weighted by Gasteiger charge is -2.38.